The molecule has 1 aromatic heterocycles. The fourth-order valence-corrected chi connectivity index (χ4v) is 3.80. The summed E-state index contributed by atoms with van der Waals surface area (Å²) in [6.07, 6.45) is 2.07. The van der Waals surface area contributed by atoms with E-state index in [0.717, 1.165) is 33.8 Å². The molecule has 0 spiro atoms. The molecule has 26 heavy (non-hydrogen) atoms. The van der Waals surface area contributed by atoms with Crippen molar-refractivity contribution in [1.29, 1.82) is 0 Å². The normalized spacial score (nSPS) is 15.8. The molecule has 1 N–H and O–H groups in total. The highest BCUT2D eigenvalue weighted by Crippen LogP contribution is 2.32. The molecule has 0 saturated heterocycles. The quantitative estimate of drug-likeness (QED) is 0.646. The van der Waals surface area contributed by atoms with Crippen LogP contribution in [0.15, 0.2) is 60.8 Å². The van der Waals surface area contributed by atoms with Crippen LogP contribution in [0.2, 0.25) is 0 Å². The van der Waals surface area contributed by atoms with E-state index in [1.807, 2.05) is 49.1 Å². The Labute approximate surface area is 154 Å². The zero-order chi connectivity index (χ0) is 18.3. The van der Waals surface area contributed by atoms with Gasteiger partial charge in [0.2, 0.25) is 0 Å². The number of anilines is 1. The van der Waals surface area contributed by atoms with Gasteiger partial charge in [-0.15, -0.1) is 0 Å². The van der Waals surface area contributed by atoms with Crippen LogP contribution in [-0.4, -0.2) is 15.5 Å². The second-order valence-electron chi connectivity index (χ2n) is 7.04. The predicted octanol–water partition coefficient (Wildman–Crippen LogP) is 5.20. The lowest BCUT2D eigenvalue weighted by Crippen LogP contribution is -2.36. The molecule has 0 aliphatic carbocycles. The highest BCUT2D eigenvalue weighted by Gasteiger charge is 2.28. The van der Waals surface area contributed by atoms with Gasteiger partial charge in [-0.1, -0.05) is 24.3 Å². The molecule has 4 nitrogen and oxygen atoms in total. The van der Waals surface area contributed by atoms with Crippen LogP contribution in [0.3, 0.4) is 0 Å². The summed E-state index contributed by atoms with van der Waals surface area (Å²) in [7, 11) is 0. The lowest BCUT2D eigenvalue weighted by molar-refractivity contribution is 0.189. The summed E-state index contributed by atoms with van der Waals surface area (Å²) in [5, 5.41) is 3.08. The second-order valence-corrected chi connectivity index (χ2v) is 7.04. The fourth-order valence-electron chi connectivity index (χ4n) is 3.80. The summed E-state index contributed by atoms with van der Waals surface area (Å²) >= 11 is 0. The van der Waals surface area contributed by atoms with Crippen molar-refractivity contribution in [2.24, 2.45) is 0 Å². The third kappa shape index (κ3) is 2.88. The third-order valence-electron chi connectivity index (χ3n) is 5.00. The van der Waals surface area contributed by atoms with Crippen LogP contribution in [0.4, 0.5) is 10.5 Å². The van der Waals surface area contributed by atoms with Crippen LogP contribution in [0.1, 0.15) is 35.3 Å². The van der Waals surface area contributed by atoms with E-state index < -0.39 is 0 Å². The Morgan fingerprint density at radius 3 is 2.54 bits per heavy atom. The first-order valence-corrected chi connectivity index (χ1v) is 8.94. The summed E-state index contributed by atoms with van der Waals surface area (Å²) in [6.45, 7) is 6.75. The number of hydrogen-bond acceptors (Lipinski definition) is 1. The summed E-state index contributed by atoms with van der Waals surface area (Å²) in [5.41, 5.74) is 6.52. The minimum Gasteiger partial charge on any atom is -0.318 e. The molecule has 4 rings (SSSR count). The smallest absolute Gasteiger partial charge is 0.318 e. The van der Waals surface area contributed by atoms with E-state index >= 15 is 0 Å². The Morgan fingerprint density at radius 1 is 1.04 bits per heavy atom. The van der Waals surface area contributed by atoms with Crippen LogP contribution in [0, 0.1) is 13.8 Å². The Balaban J connectivity index is 1.69. The first kappa shape index (κ1) is 16.5. The Hall–Kier alpha value is -3.01. The van der Waals surface area contributed by atoms with Crippen molar-refractivity contribution in [3.05, 3.63) is 83.2 Å². The number of benzene rings is 2. The van der Waals surface area contributed by atoms with Gasteiger partial charge < -0.3 is 14.8 Å². The number of aromatic nitrogens is 1. The summed E-state index contributed by atoms with van der Waals surface area (Å²) < 4.78 is 2.18. The number of nitrogens with one attached hydrogen (secondary N) is 1. The molecule has 3 aromatic rings. The van der Waals surface area contributed by atoms with Crippen LogP contribution in [0.5, 0.6) is 0 Å². The van der Waals surface area contributed by atoms with Gasteiger partial charge in [0.25, 0.3) is 0 Å². The SMILES string of the molecule is Cc1cc(C)cc(NC(=O)N2Cc3ccccc3-n3cccc3[C@H]2C)c1. The first-order valence-electron chi connectivity index (χ1n) is 8.94. The lowest BCUT2D eigenvalue weighted by atomic mass is 10.1. The third-order valence-corrected chi connectivity index (χ3v) is 5.00. The predicted molar refractivity (Wildman–Crippen MR) is 105 cm³/mol. The van der Waals surface area contributed by atoms with E-state index in [1.54, 1.807) is 0 Å². The summed E-state index contributed by atoms with van der Waals surface area (Å²) in [5.74, 6) is 0. The number of fused-ring (bicyclic) bond motifs is 3. The van der Waals surface area contributed by atoms with Crippen molar-refractivity contribution in [3.8, 4) is 5.69 Å². The van der Waals surface area contributed by atoms with Crippen LogP contribution in [0.25, 0.3) is 5.69 Å². The molecule has 4 heteroatoms. The van der Waals surface area contributed by atoms with Gasteiger partial charge in [0.15, 0.2) is 0 Å². The van der Waals surface area contributed by atoms with Crippen molar-refractivity contribution in [1.82, 2.24) is 9.47 Å². The summed E-state index contributed by atoms with van der Waals surface area (Å²) in [6, 6.07) is 18.4. The number of urea groups is 1. The molecule has 132 valence electrons. The van der Waals surface area contributed by atoms with E-state index in [4.69, 9.17) is 0 Å². The number of amides is 2. The minimum absolute atomic E-state index is 0.0247. The molecule has 0 saturated carbocycles. The van der Waals surface area contributed by atoms with Gasteiger partial charge in [-0.05, 0) is 67.8 Å². The number of aryl methyl sites for hydroxylation is 2. The number of carbonyl (C=O) groups excluding carboxylic acids is 1. The molecule has 1 aliphatic heterocycles. The number of nitrogens with zero attached hydrogens (tertiary/aromatic N) is 2. The molecule has 1 atom stereocenters. The zero-order valence-corrected chi connectivity index (χ0v) is 15.4. The number of hydrogen-bond donors (Lipinski definition) is 1. The maximum absolute atomic E-state index is 13.1. The molecule has 0 radical (unpaired) electrons. The minimum atomic E-state index is -0.0769. The van der Waals surface area contributed by atoms with Crippen molar-refractivity contribution in [2.75, 3.05) is 5.32 Å². The average Bonchev–Trinajstić information content (AvgIpc) is 3.04. The monoisotopic (exact) mass is 345 g/mol. The molecular weight excluding hydrogens is 322 g/mol. The number of rotatable bonds is 1. The number of para-hydroxylation sites is 1. The zero-order valence-electron chi connectivity index (χ0n) is 15.4. The van der Waals surface area contributed by atoms with Crippen LogP contribution < -0.4 is 5.32 Å². The first-order chi connectivity index (χ1) is 12.5. The maximum atomic E-state index is 13.1. The van der Waals surface area contributed by atoms with Gasteiger partial charge in [-0.3, -0.25) is 0 Å². The van der Waals surface area contributed by atoms with Gasteiger partial charge in [-0.25, -0.2) is 4.79 Å². The maximum Gasteiger partial charge on any atom is 0.322 e. The standard InChI is InChI=1S/C22H23N3O/c1-15-11-16(2)13-19(12-15)23-22(26)25-14-18-7-4-5-8-21(18)24-10-6-9-20(24)17(25)3/h4-13,17H,14H2,1-3H3,(H,23,26)/t17-/m1/s1. The average molecular weight is 345 g/mol. The topological polar surface area (TPSA) is 37.3 Å². The lowest BCUT2D eigenvalue weighted by Gasteiger charge is -2.28. The highest BCUT2D eigenvalue weighted by atomic mass is 16.2. The molecule has 2 heterocycles. The van der Waals surface area contributed by atoms with Gasteiger partial charge in [0, 0.05) is 17.6 Å². The Bertz CT molecular complexity index is 953. The molecule has 2 aromatic carbocycles. The Kier molecular flexibility index (Phi) is 4.03. The van der Waals surface area contributed by atoms with Crippen LogP contribution in [-0.2, 0) is 6.54 Å². The van der Waals surface area contributed by atoms with E-state index in [2.05, 4.69) is 47.3 Å². The fraction of sp³-hybridized carbons (Fsp3) is 0.227. The van der Waals surface area contributed by atoms with E-state index in [-0.39, 0.29) is 12.1 Å². The number of carbonyl (C=O) groups is 1. The van der Waals surface area contributed by atoms with Gasteiger partial charge in [0.1, 0.15) is 0 Å². The van der Waals surface area contributed by atoms with Gasteiger partial charge in [0.05, 0.1) is 18.3 Å². The van der Waals surface area contributed by atoms with E-state index in [1.165, 1.54) is 0 Å². The van der Waals surface area contributed by atoms with Crippen molar-refractivity contribution in [3.63, 3.8) is 0 Å². The molecular formula is C22H23N3O. The molecule has 0 fully saturated rings. The van der Waals surface area contributed by atoms with Crippen molar-refractivity contribution < 1.29 is 4.79 Å². The van der Waals surface area contributed by atoms with E-state index in [9.17, 15) is 4.79 Å². The van der Waals surface area contributed by atoms with Gasteiger partial charge in [-0.2, -0.15) is 0 Å². The van der Waals surface area contributed by atoms with Crippen molar-refractivity contribution >= 4 is 11.7 Å². The van der Waals surface area contributed by atoms with Gasteiger partial charge >= 0.3 is 6.03 Å². The largest absolute Gasteiger partial charge is 0.322 e. The van der Waals surface area contributed by atoms with Crippen molar-refractivity contribution in [2.45, 2.75) is 33.4 Å². The Morgan fingerprint density at radius 2 is 1.77 bits per heavy atom. The highest BCUT2D eigenvalue weighted by molar-refractivity contribution is 5.90. The van der Waals surface area contributed by atoms with E-state index in [0.29, 0.717) is 6.54 Å². The molecule has 0 unspecified atom stereocenters. The molecule has 0 bridgehead atoms. The summed E-state index contributed by atoms with van der Waals surface area (Å²) in [4.78, 5) is 15.0. The molecule has 2 amide bonds. The second kappa shape index (κ2) is 6.37. The molecule has 1 aliphatic rings. The van der Waals surface area contributed by atoms with Crippen LogP contribution >= 0.6 is 0 Å².